The Balaban J connectivity index is 1.76. The Bertz CT molecular complexity index is 713. The molecule has 2 heterocycles. The molecule has 5 nitrogen and oxygen atoms in total. The SMILES string of the molecule is N[C@H]1C[C@H]2CN(C(=O)O)C[C@@H](C(c3ccccc3)c3ccccc3)N2C1. The van der Waals surface area contributed by atoms with E-state index in [4.69, 9.17) is 5.73 Å². The Morgan fingerprint density at radius 3 is 2.08 bits per heavy atom. The molecule has 2 fully saturated rings. The van der Waals surface area contributed by atoms with Crippen molar-refractivity contribution in [3.05, 3.63) is 71.8 Å². The first kappa shape index (κ1) is 17.1. The molecule has 3 atom stereocenters. The number of piperazine rings is 1. The van der Waals surface area contributed by atoms with E-state index in [1.165, 1.54) is 11.1 Å². The molecule has 0 saturated carbocycles. The van der Waals surface area contributed by atoms with Gasteiger partial charge >= 0.3 is 6.09 Å². The van der Waals surface area contributed by atoms with Gasteiger partial charge in [-0.2, -0.15) is 0 Å². The highest BCUT2D eigenvalue weighted by atomic mass is 16.4. The van der Waals surface area contributed by atoms with Crippen LogP contribution in [0.15, 0.2) is 60.7 Å². The molecule has 0 spiro atoms. The van der Waals surface area contributed by atoms with Gasteiger partial charge in [0.05, 0.1) is 0 Å². The molecule has 2 aromatic rings. The fourth-order valence-corrected chi connectivity index (χ4v) is 4.64. The number of fused-ring (bicyclic) bond motifs is 1. The third kappa shape index (κ3) is 3.20. The molecule has 26 heavy (non-hydrogen) atoms. The van der Waals surface area contributed by atoms with Gasteiger partial charge in [-0.15, -0.1) is 0 Å². The van der Waals surface area contributed by atoms with Crippen LogP contribution in [-0.2, 0) is 0 Å². The van der Waals surface area contributed by atoms with Crippen LogP contribution in [-0.4, -0.2) is 58.8 Å². The maximum absolute atomic E-state index is 11.7. The van der Waals surface area contributed by atoms with Crippen LogP contribution >= 0.6 is 0 Å². The van der Waals surface area contributed by atoms with Crippen LogP contribution < -0.4 is 5.73 Å². The summed E-state index contributed by atoms with van der Waals surface area (Å²) >= 11 is 0. The number of carbonyl (C=O) groups is 1. The average Bonchev–Trinajstić information content (AvgIpc) is 3.04. The summed E-state index contributed by atoms with van der Waals surface area (Å²) in [6, 6.07) is 21.2. The normalized spacial score (nSPS) is 26.1. The standard InChI is InChI=1S/C21H25N3O2/c22-17-11-18-13-23(21(25)26)14-19(24(18)12-17)20(15-7-3-1-4-8-15)16-9-5-2-6-10-16/h1-10,17-20H,11-14,22H2,(H,25,26)/t17-,18-,19-/m0/s1. The van der Waals surface area contributed by atoms with Crippen LogP contribution in [0.4, 0.5) is 4.79 Å². The second kappa shape index (κ2) is 7.09. The largest absolute Gasteiger partial charge is 0.465 e. The molecule has 5 heteroatoms. The van der Waals surface area contributed by atoms with Crippen molar-refractivity contribution in [1.82, 2.24) is 9.80 Å². The van der Waals surface area contributed by atoms with Gasteiger partial charge in [-0.05, 0) is 17.5 Å². The Morgan fingerprint density at radius 2 is 1.54 bits per heavy atom. The van der Waals surface area contributed by atoms with Crippen LogP contribution in [0.25, 0.3) is 0 Å². The predicted octanol–water partition coefficient (Wildman–Crippen LogP) is 2.58. The zero-order chi connectivity index (χ0) is 18.1. The van der Waals surface area contributed by atoms with E-state index in [1.807, 2.05) is 12.1 Å². The fraction of sp³-hybridized carbons (Fsp3) is 0.381. The van der Waals surface area contributed by atoms with E-state index in [9.17, 15) is 9.90 Å². The lowest BCUT2D eigenvalue weighted by molar-refractivity contribution is 0.0431. The number of rotatable bonds is 3. The van der Waals surface area contributed by atoms with Gasteiger partial charge in [-0.25, -0.2) is 4.79 Å². The first-order valence-electron chi connectivity index (χ1n) is 9.22. The minimum atomic E-state index is -0.838. The molecule has 0 bridgehead atoms. The van der Waals surface area contributed by atoms with Crippen LogP contribution in [0, 0.1) is 0 Å². The van der Waals surface area contributed by atoms with Gasteiger partial charge in [-0.1, -0.05) is 60.7 Å². The number of nitrogens with zero attached hydrogens (tertiary/aromatic N) is 2. The van der Waals surface area contributed by atoms with Gasteiger partial charge in [0.1, 0.15) is 0 Å². The number of benzene rings is 2. The Kier molecular flexibility index (Phi) is 4.66. The molecule has 2 aromatic carbocycles. The van der Waals surface area contributed by atoms with Crippen molar-refractivity contribution in [1.29, 1.82) is 0 Å². The smallest absolute Gasteiger partial charge is 0.407 e. The van der Waals surface area contributed by atoms with Crippen molar-refractivity contribution >= 4 is 6.09 Å². The van der Waals surface area contributed by atoms with Gasteiger partial charge in [0.15, 0.2) is 0 Å². The highest BCUT2D eigenvalue weighted by Gasteiger charge is 2.45. The van der Waals surface area contributed by atoms with E-state index in [1.54, 1.807) is 4.90 Å². The van der Waals surface area contributed by atoms with E-state index >= 15 is 0 Å². The topological polar surface area (TPSA) is 69.8 Å². The van der Waals surface area contributed by atoms with Gasteiger partial charge in [0.2, 0.25) is 0 Å². The fourth-order valence-electron chi connectivity index (χ4n) is 4.64. The number of nitrogens with two attached hydrogens (primary N) is 1. The summed E-state index contributed by atoms with van der Waals surface area (Å²) < 4.78 is 0. The second-order valence-corrected chi connectivity index (χ2v) is 7.40. The highest BCUT2D eigenvalue weighted by molar-refractivity contribution is 5.65. The molecule has 4 rings (SSSR count). The van der Waals surface area contributed by atoms with Crippen molar-refractivity contribution in [3.63, 3.8) is 0 Å². The molecule has 2 aliphatic heterocycles. The van der Waals surface area contributed by atoms with Crippen molar-refractivity contribution in [2.24, 2.45) is 5.73 Å². The van der Waals surface area contributed by atoms with Crippen molar-refractivity contribution in [2.75, 3.05) is 19.6 Å². The van der Waals surface area contributed by atoms with E-state index < -0.39 is 6.09 Å². The van der Waals surface area contributed by atoms with E-state index in [0.717, 1.165) is 13.0 Å². The zero-order valence-electron chi connectivity index (χ0n) is 14.7. The van der Waals surface area contributed by atoms with Crippen LogP contribution in [0.3, 0.4) is 0 Å². The molecule has 0 aliphatic carbocycles. The number of carboxylic acid groups (broad SMARTS) is 1. The summed E-state index contributed by atoms with van der Waals surface area (Å²) in [5.74, 6) is 0.118. The summed E-state index contributed by atoms with van der Waals surface area (Å²) in [6.07, 6.45) is 0.0197. The third-order valence-electron chi connectivity index (χ3n) is 5.73. The molecule has 136 valence electrons. The quantitative estimate of drug-likeness (QED) is 0.892. The number of hydrogen-bond donors (Lipinski definition) is 2. The summed E-state index contributed by atoms with van der Waals surface area (Å²) in [5, 5.41) is 9.64. The minimum Gasteiger partial charge on any atom is -0.465 e. The monoisotopic (exact) mass is 351 g/mol. The van der Waals surface area contributed by atoms with E-state index in [2.05, 4.69) is 53.4 Å². The molecule has 0 aromatic heterocycles. The maximum Gasteiger partial charge on any atom is 0.407 e. The Hall–Kier alpha value is -2.37. The lowest BCUT2D eigenvalue weighted by Crippen LogP contribution is -2.59. The average molecular weight is 351 g/mol. The second-order valence-electron chi connectivity index (χ2n) is 7.40. The van der Waals surface area contributed by atoms with Gasteiger partial charge in [0.25, 0.3) is 0 Å². The van der Waals surface area contributed by atoms with Crippen LogP contribution in [0.1, 0.15) is 23.5 Å². The zero-order valence-corrected chi connectivity index (χ0v) is 14.7. The third-order valence-corrected chi connectivity index (χ3v) is 5.73. The van der Waals surface area contributed by atoms with Gasteiger partial charge in [-0.3, -0.25) is 4.90 Å². The molecular weight excluding hydrogens is 326 g/mol. The molecule has 3 N–H and O–H groups in total. The first-order valence-corrected chi connectivity index (χ1v) is 9.22. The van der Waals surface area contributed by atoms with Crippen molar-refractivity contribution in [3.8, 4) is 0 Å². The lowest BCUT2D eigenvalue weighted by atomic mass is 9.82. The van der Waals surface area contributed by atoms with Crippen LogP contribution in [0.5, 0.6) is 0 Å². The molecule has 2 saturated heterocycles. The van der Waals surface area contributed by atoms with E-state index in [0.29, 0.717) is 13.1 Å². The predicted molar refractivity (Wildman–Crippen MR) is 101 cm³/mol. The summed E-state index contributed by atoms with van der Waals surface area (Å²) in [7, 11) is 0. The van der Waals surface area contributed by atoms with Crippen molar-refractivity contribution < 1.29 is 9.90 Å². The van der Waals surface area contributed by atoms with Gasteiger partial charge in [0, 0.05) is 43.7 Å². The van der Waals surface area contributed by atoms with Crippen LogP contribution in [0.2, 0.25) is 0 Å². The summed E-state index contributed by atoms with van der Waals surface area (Å²) in [6.45, 7) is 1.89. The number of amides is 1. The highest BCUT2D eigenvalue weighted by Crippen LogP contribution is 2.37. The Labute approximate surface area is 154 Å². The Morgan fingerprint density at radius 1 is 0.962 bits per heavy atom. The molecule has 0 radical (unpaired) electrons. The lowest BCUT2D eigenvalue weighted by Gasteiger charge is -2.46. The minimum absolute atomic E-state index is 0.0863. The maximum atomic E-state index is 11.7. The summed E-state index contributed by atoms with van der Waals surface area (Å²) in [5.41, 5.74) is 8.68. The van der Waals surface area contributed by atoms with E-state index in [-0.39, 0.29) is 24.0 Å². The summed E-state index contributed by atoms with van der Waals surface area (Å²) in [4.78, 5) is 15.8. The molecule has 1 amide bonds. The molecule has 2 aliphatic rings. The first-order chi connectivity index (χ1) is 12.6. The number of hydrogen-bond acceptors (Lipinski definition) is 3. The van der Waals surface area contributed by atoms with Gasteiger partial charge < -0.3 is 15.7 Å². The molecule has 0 unspecified atom stereocenters. The van der Waals surface area contributed by atoms with Crippen molar-refractivity contribution in [2.45, 2.75) is 30.5 Å². The molecular formula is C21H25N3O2.